The molecule has 11 heteroatoms. The number of anilines is 1. The average molecular weight is 514 g/mol. The minimum Gasteiger partial charge on any atom is -0.363 e. The van der Waals surface area contributed by atoms with Crippen molar-refractivity contribution in [1.29, 1.82) is 0 Å². The van der Waals surface area contributed by atoms with Gasteiger partial charge in [-0.3, -0.25) is 14.8 Å². The van der Waals surface area contributed by atoms with E-state index in [1.807, 2.05) is 60.8 Å². The predicted molar refractivity (Wildman–Crippen MR) is 139 cm³/mol. The summed E-state index contributed by atoms with van der Waals surface area (Å²) >= 11 is 0. The van der Waals surface area contributed by atoms with Crippen LogP contribution in [0, 0.1) is 0 Å². The van der Waals surface area contributed by atoms with E-state index in [9.17, 15) is 13.2 Å². The summed E-state index contributed by atoms with van der Waals surface area (Å²) in [7, 11) is -3.94. The molecule has 37 heavy (non-hydrogen) atoms. The number of carbonyl (C=O) groups is 1. The number of hydrogen-bond donors (Lipinski definition) is 2. The molecule has 0 aliphatic carbocycles. The summed E-state index contributed by atoms with van der Waals surface area (Å²) in [5.41, 5.74) is 3.96. The van der Waals surface area contributed by atoms with E-state index in [-0.39, 0.29) is 23.0 Å². The SMILES string of the molecule is CC(=O)CNS(=O)(=O)c1cncc(-c2nc(NCc3ccccn3)c3c(-c4ccccc4)ccn3n2)c1. The quantitative estimate of drug-likeness (QED) is 0.307. The van der Waals surface area contributed by atoms with Crippen LogP contribution in [0.1, 0.15) is 12.6 Å². The van der Waals surface area contributed by atoms with Crippen LogP contribution in [-0.4, -0.2) is 45.3 Å². The Balaban J connectivity index is 1.59. The Morgan fingerprint density at radius 2 is 1.81 bits per heavy atom. The molecule has 0 fully saturated rings. The summed E-state index contributed by atoms with van der Waals surface area (Å²) in [6.07, 6.45) is 6.27. The van der Waals surface area contributed by atoms with Crippen molar-refractivity contribution in [3.8, 4) is 22.5 Å². The minimum atomic E-state index is -3.94. The first-order valence-electron chi connectivity index (χ1n) is 11.4. The Hall–Kier alpha value is -4.48. The lowest BCUT2D eigenvalue weighted by Gasteiger charge is -2.12. The number of hydrogen-bond acceptors (Lipinski definition) is 8. The number of sulfonamides is 1. The lowest BCUT2D eigenvalue weighted by molar-refractivity contribution is -0.115. The Morgan fingerprint density at radius 1 is 1.00 bits per heavy atom. The zero-order chi connectivity index (χ0) is 25.8. The van der Waals surface area contributed by atoms with Crippen LogP contribution in [0.3, 0.4) is 0 Å². The number of ketones is 1. The van der Waals surface area contributed by atoms with Gasteiger partial charge < -0.3 is 5.32 Å². The second-order valence-electron chi connectivity index (χ2n) is 8.28. The summed E-state index contributed by atoms with van der Waals surface area (Å²) < 4.78 is 29.3. The van der Waals surface area contributed by atoms with Crippen molar-refractivity contribution in [2.45, 2.75) is 18.4 Å². The normalized spacial score (nSPS) is 11.5. The zero-order valence-electron chi connectivity index (χ0n) is 19.9. The maximum atomic E-state index is 12.7. The number of nitrogens with zero attached hydrogens (tertiary/aromatic N) is 5. The number of rotatable bonds is 9. The lowest BCUT2D eigenvalue weighted by atomic mass is 10.1. The van der Waals surface area contributed by atoms with E-state index in [0.717, 1.165) is 22.3 Å². The van der Waals surface area contributed by atoms with Gasteiger partial charge in [0.15, 0.2) is 11.6 Å². The van der Waals surface area contributed by atoms with Gasteiger partial charge in [-0.15, -0.1) is 5.10 Å². The summed E-state index contributed by atoms with van der Waals surface area (Å²) in [5, 5.41) is 8.01. The van der Waals surface area contributed by atoms with Crippen molar-refractivity contribution in [2.75, 3.05) is 11.9 Å². The summed E-state index contributed by atoms with van der Waals surface area (Å²) in [4.78, 5) is 24.4. The fourth-order valence-electron chi connectivity index (χ4n) is 3.77. The van der Waals surface area contributed by atoms with Crippen LogP contribution >= 0.6 is 0 Å². The minimum absolute atomic E-state index is 0.0876. The van der Waals surface area contributed by atoms with Gasteiger partial charge in [-0.05, 0) is 36.8 Å². The molecule has 1 aromatic carbocycles. The van der Waals surface area contributed by atoms with Crippen LogP contribution in [0.25, 0.3) is 28.0 Å². The molecule has 0 spiro atoms. The Kier molecular flexibility index (Phi) is 6.71. The molecule has 0 amide bonds. The molecule has 5 rings (SSSR count). The van der Waals surface area contributed by atoms with Crippen molar-refractivity contribution >= 4 is 27.1 Å². The van der Waals surface area contributed by atoms with Gasteiger partial charge in [0.25, 0.3) is 0 Å². The first-order valence-corrected chi connectivity index (χ1v) is 12.9. The molecule has 0 bridgehead atoms. The average Bonchev–Trinajstić information content (AvgIpc) is 3.36. The molecule has 4 heterocycles. The molecule has 0 unspecified atom stereocenters. The molecule has 0 aliphatic rings. The lowest BCUT2D eigenvalue weighted by Crippen LogP contribution is -2.28. The molecule has 10 nitrogen and oxygen atoms in total. The monoisotopic (exact) mass is 513 g/mol. The molecular formula is C26H23N7O3S. The fourth-order valence-corrected chi connectivity index (χ4v) is 4.81. The third kappa shape index (κ3) is 5.37. The second kappa shape index (κ2) is 10.2. The first-order chi connectivity index (χ1) is 17.9. The molecule has 0 atom stereocenters. The van der Waals surface area contributed by atoms with Crippen molar-refractivity contribution < 1.29 is 13.2 Å². The molecule has 2 N–H and O–H groups in total. The summed E-state index contributed by atoms with van der Waals surface area (Å²) in [6, 6.07) is 19.0. The van der Waals surface area contributed by atoms with E-state index < -0.39 is 10.0 Å². The highest BCUT2D eigenvalue weighted by Crippen LogP contribution is 2.31. The summed E-state index contributed by atoms with van der Waals surface area (Å²) in [6.45, 7) is 1.43. The largest absolute Gasteiger partial charge is 0.363 e. The molecule has 5 aromatic rings. The Bertz CT molecular complexity index is 1670. The van der Waals surface area contributed by atoms with Gasteiger partial charge in [0, 0.05) is 35.9 Å². The first kappa shape index (κ1) is 24.2. The van der Waals surface area contributed by atoms with E-state index in [2.05, 4.69) is 25.1 Å². The van der Waals surface area contributed by atoms with E-state index in [1.165, 1.54) is 25.4 Å². The van der Waals surface area contributed by atoms with Gasteiger partial charge in [-0.25, -0.2) is 22.6 Å². The van der Waals surface area contributed by atoms with Crippen LogP contribution in [0.5, 0.6) is 0 Å². The number of nitrogens with one attached hydrogen (secondary N) is 2. The molecule has 0 aliphatic heterocycles. The third-order valence-electron chi connectivity index (χ3n) is 5.55. The smallest absolute Gasteiger partial charge is 0.242 e. The highest BCUT2D eigenvalue weighted by molar-refractivity contribution is 7.89. The number of carbonyl (C=O) groups excluding carboxylic acids is 1. The maximum absolute atomic E-state index is 12.7. The predicted octanol–water partition coefficient (Wildman–Crippen LogP) is 3.33. The van der Waals surface area contributed by atoms with Crippen LogP contribution in [-0.2, 0) is 21.4 Å². The topological polar surface area (TPSA) is 131 Å². The third-order valence-corrected chi connectivity index (χ3v) is 6.92. The van der Waals surface area contributed by atoms with Crippen LogP contribution in [0.4, 0.5) is 5.82 Å². The van der Waals surface area contributed by atoms with Crippen LogP contribution in [0.15, 0.2) is 90.3 Å². The maximum Gasteiger partial charge on any atom is 0.242 e. The number of Topliss-reactive ketones (excluding diaryl/α,β-unsaturated/α-hetero) is 1. The second-order valence-corrected chi connectivity index (χ2v) is 10.1. The highest BCUT2D eigenvalue weighted by atomic mass is 32.2. The van der Waals surface area contributed by atoms with Crippen molar-refractivity contribution in [3.63, 3.8) is 0 Å². The number of fused-ring (bicyclic) bond motifs is 1. The molecular weight excluding hydrogens is 490 g/mol. The van der Waals surface area contributed by atoms with Gasteiger partial charge in [-0.2, -0.15) is 0 Å². The van der Waals surface area contributed by atoms with Crippen LogP contribution in [0.2, 0.25) is 0 Å². The summed E-state index contributed by atoms with van der Waals surface area (Å²) in [5.74, 6) is 0.539. The zero-order valence-corrected chi connectivity index (χ0v) is 20.7. The molecule has 0 saturated heterocycles. The van der Waals surface area contributed by atoms with E-state index in [1.54, 1.807) is 10.7 Å². The Morgan fingerprint density at radius 3 is 2.57 bits per heavy atom. The number of benzene rings is 1. The van der Waals surface area contributed by atoms with Crippen molar-refractivity contribution in [1.82, 2.24) is 29.3 Å². The fraction of sp³-hybridized carbons (Fsp3) is 0.115. The van der Waals surface area contributed by atoms with Crippen molar-refractivity contribution in [3.05, 3.63) is 91.1 Å². The van der Waals surface area contributed by atoms with Gasteiger partial charge >= 0.3 is 0 Å². The van der Waals surface area contributed by atoms with Gasteiger partial charge in [0.1, 0.15) is 16.2 Å². The van der Waals surface area contributed by atoms with E-state index in [0.29, 0.717) is 17.9 Å². The molecule has 186 valence electrons. The standard InChI is InChI=1S/C26H23N7O3S/c1-18(34)14-30-37(35,36)22-13-20(15-27-17-22)25-31-26(29-16-21-9-5-6-11-28-21)24-23(10-12-33(24)32-25)19-7-3-2-4-8-19/h2-13,15,17,30H,14,16H2,1H3,(H,29,31,32). The number of aromatic nitrogens is 5. The molecule has 0 saturated carbocycles. The Labute approximate surface area is 213 Å². The molecule has 0 radical (unpaired) electrons. The highest BCUT2D eigenvalue weighted by Gasteiger charge is 2.19. The van der Waals surface area contributed by atoms with Crippen molar-refractivity contribution in [2.24, 2.45) is 0 Å². The molecule has 4 aromatic heterocycles. The van der Waals surface area contributed by atoms with E-state index in [4.69, 9.17) is 4.98 Å². The number of pyridine rings is 2. The van der Waals surface area contributed by atoms with Crippen LogP contribution < -0.4 is 10.0 Å². The van der Waals surface area contributed by atoms with E-state index >= 15 is 0 Å². The van der Waals surface area contributed by atoms with Gasteiger partial charge in [-0.1, -0.05) is 36.4 Å². The van der Waals surface area contributed by atoms with Gasteiger partial charge in [0.05, 0.1) is 18.8 Å². The van der Waals surface area contributed by atoms with Gasteiger partial charge in [0.2, 0.25) is 10.0 Å².